The maximum absolute atomic E-state index is 13.1. The molecule has 1 aromatic heterocycles. The molecule has 0 saturated heterocycles. The quantitative estimate of drug-likeness (QED) is 0.890. The standard InChI is InChI=1S/C14H17FN2S/c1-3-14-17-9-13(18-14)8-16-10(2)11-5-4-6-12(15)7-11/h4-7,9-10,16H,3,8H2,1-2H3. The van der Waals surface area contributed by atoms with Crippen LogP contribution in [-0.2, 0) is 13.0 Å². The predicted octanol–water partition coefficient (Wildman–Crippen LogP) is 3.70. The summed E-state index contributed by atoms with van der Waals surface area (Å²) in [7, 11) is 0. The number of hydrogen-bond acceptors (Lipinski definition) is 3. The molecule has 1 atom stereocenters. The number of aryl methyl sites for hydroxylation is 1. The second-order valence-electron chi connectivity index (χ2n) is 4.23. The Hall–Kier alpha value is -1.26. The van der Waals surface area contributed by atoms with Gasteiger partial charge in [0.25, 0.3) is 0 Å². The van der Waals surface area contributed by atoms with Crippen LogP contribution >= 0.6 is 11.3 Å². The number of hydrogen-bond donors (Lipinski definition) is 1. The first-order valence-corrected chi connectivity index (χ1v) is 6.93. The van der Waals surface area contributed by atoms with Gasteiger partial charge in [0.1, 0.15) is 5.82 Å². The molecule has 1 heterocycles. The molecule has 0 amide bonds. The molecule has 0 aliphatic carbocycles. The minimum Gasteiger partial charge on any atom is -0.305 e. The monoisotopic (exact) mass is 264 g/mol. The Bertz CT molecular complexity index is 510. The third-order valence-electron chi connectivity index (χ3n) is 2.84. The van der Waals surface area contributed by atoms with Gasteiger partial charge in [0.2, 0.25) is 0 Å². The minimum absolute atomic E-state index is 0.132. The molecule has 0 spiro atoms. The zero-order valence-electron chi connectivity index (χ0n) is 10.6. The molecule has 2 nitrogen and oxygen atoms in total. The van der Waals surface area contributed by atoms with Crippen molar-refractivity contribution in [2.45, 2.75) is 32.9 Å². The number of rotatable bonds is 5. The van der Waals surface area contributed by atoms with Gasteiger partial charge in [-0.3, -0.25) is 0 Å². The second kappa shape index (κ2) is 6.07. The number of nitrogens with one attached hydrogen (secondary N) is 1. The van der Waals surface area contributed by atoms with Crippen LogP contribution in [0.3, 0.4) is 0 Å². The lowest BCUT2D eigenvalue weighted by molar-refractivity contribution is 0.568. The Morgan fingerprint density at radius 1 is 1.44 bits per heavy atom. The first-order chi connectivity index (χ1) is 8.69. The molecule has 0 saturated carbocycles. The zero-order chi connectivity index (χ0) is 13.0. The van der Waals surface area contributed by atoms with Crippen LogP contribution < -0.4 is 5.32 Å². The van der Waals surface area contributed by atoms with Crippen LogP contribution in [0.2, 0.25) is 0 Å². The molecule has 2 rings (SSSR count). The highest BCUT2D eigenvalue weighted by atomic mass is 32.1. The van der Waals surface area contributed by atoms with E-state index in [1.165, 1.54) is 10.9 Å². The molecule has 4 heteroatoms. The highest BCUT2D eigenvalue weighted by molar-refractivity contribution is 7.11. The smallest absolute Gasteiger partial charge is 0.123 e. The number of nitrogens with zero attached hydrogens (tertiary/aromatic N) is 1. The van der Waals surface area contributed by atoms with Crippen molar-refractivity contribution in [1.29, 1.82) is 0 Å². The van der Waals surface area contributed by atoms with Crippen LogP contribution in [0.5, 0.6) is 0 Å². The van der Waals surface area contributed by atoms with Gasteiger partial charge in [-0.2, -0.15) is 0 Å². The molecular weight excluding hydrogens is 247 g/mol. The third kappa shape index (κ3) is 3.37. The fourth-order valence-electron chi connectivity index (χ4n) is 1.74. The zero-order valence-corrected chi connectivity index (χ0v) is 11.4. The Kier molecular flexibility index (Phi) is 4.44. The summed E-state index contributed by atoms with van der Waals surface area (Å²) in [4.78, 5) is 5.54. The summed E-state index contributed by atoms with van der Waals surface area (Å²) in [6.07, 6.45) is 2.89. The molecule has 2 aromatic rings. The van der Waals surface area contributed by atoms with E-state index in [0.717, 1.165) is 23.5 Å². The van der Waals surface area contributed by atoms with Crippen molar-refractivity contribution in [3.8, 4) is 0 Å². The fraction of sp³-hybridized carbons (Fsp3) is 0.357. The van der Waals surface area contributed by atoms with E-state index < -0.39 is 0 Å². The third-order valence-corrected chi connectivity index (χ3v) is 3.98. The molecule has 0 aliphatic rings. The number of benzene rings is 1. The average Bonchev–Trinajstić information content (AvgIpc) is 2.84. The second-order valence-corrected chi connectivity index (χ2v) is 5.43. The van der Waals surface area contributed by atoms with Crippen LogP contribution in [0, 0.1) is 5.82 Å². The van der Waals surface area contributed by atoms with E-state index in [2.05, 4.69) is 17.2 Å². The topological polar surface area (TPSA) is 24.9 Å². The molecule has 1 N–H and O–H groups in total. The molecule has 96 valence electrons. The van der Waals surface area contributed by atoms with Gasteiger partial charge in [0, 0.05) is 23.7 Å². The van der Waals surface area contributed by atoms with Gasteiger partial charge in [-0.05, 0) is 31.0 Å². The van der Waals surface area contributed by atoms with E-state index in [0.29, 0.717) is 0 Å². The summed E-state index contributed by atoms with van der Waals surface area (Å²) in [6, 6.07) is 6.84. The van der Waals surface area contributed by atoms with Gasteiger partial charge in [-0.1, -0.05) is 19.1 Å². The highest BCUT2D eigenvalue weighted by Gasteiger charge is 2.07. The molecule has 0 aliphatic heterocycles. The van der Waals surface area contributed by atoms with Crippen LogP contribution in [0.4, 0.5) is 4.39 Å². The Morgan fingerprint density at radius 3 is 2.94 bits per heavy atom. The van der Waals surface area contributed by atoms with E-state index >= 15 is 0 Å². The molecule has 1 unspecified atom stereocenters. The molecule has 0 radical (unpaired) electrons. The van der Waals surface area contributed by atoms with Gasteiger partial charge in [0.15, 0.2) is 0 Å². The predicted molar refractivity (Wildman–Crippen MR) is 73.1 cm³/mol. The molecule has 0 bridgehead atoms. The summed E-state index contributed by atoms with van der Waals surface area (Å²) in [6.45, 7) is 4.91. The van der Waals surface area contributed by atoms with Crippen molar-refractivity contribution < 1.29 is 4.39 Å². The lowest BCUT2D eigenvalue weighted by Gasteiger charge is -2.13. The van der Waals surface area contributed by atoms with Gasteiger partial charge in [-0.15, -0.1) is 11.3 Å². The summed E-state index contributed by atoms with van der Waals surface area (Å²) in [5, 5.41) is 4.54. The largest absolute Gasteiger partial charge is 0.305 e. The van der Waals surface area contributed by atoms with Gasteiger partial charge in [-0.25, -0.2) is 9.37 Å². The number of halogens is 1. The fourth-order valence-corrected chi connectivity index (χ4v) is 2.55. The Labute approximate surface area is 111 Å². The first kappa shape index (κ1) is 13.2. The van der Waals surface area contributed by atoms with Crippen molar-refractivity contribution in [3.05, 3.63) is 51.7 Å². The molecular formula is C14H17FN2S. The molecule has 1 aromatic carbocycles. The highest BCUT2D eigenvalue weighted by Crippen LogP contribution is 2.17. The van der Waals surface area contributed by atoms with Gasteiger partial charge < -0.3 is 5.32 Å². The lowest BCUT2D eigenvalue weighted by Crippen LogP contribution is -2.17. The van der Waals surface area contributed by atoms with Crippen LogP contribution in [0.1, 0.15) is 35.3 Å². The Morgan fingerprint density at radius 2 is 2.28 bits per heavy atom. The first-order valence-electron chi connectivity index (χ1n) is 6.11. The van der Waals surface area contributed by atoms with E-state index in [-0.39, 0.29) is 11.9 Å². The van der Waals surface area contributed by atoms with Gasteiger partial charge >= 0.3 is 0 Å². The normalized spacial score (nSPS) is 12.6. The van der Waals surface area contributed by atoms with Gasteiger partial charge in [0.05, 0.1) is 5.01 Å². The van der Waals surface area contributed by atoms with E-state index in [9.17, 15) is 4.39 Å². The lowest BCUT2D eigenvalue weighted by atomic mass is 10.1. The summed E-state index contributed by atoms with van der Waals surface area (Å²) < 4.78 is 13.1. The number of thiazole rings is 1. The maximum Gasteiger partial charge on any atom is 0.123 e. The van der Waals surface area contributed by atoms with E-state index in [1.54, 1.807) is 23.5 Å². The SMILES string of the molecule is CCc1ncc(CNC(C)c2cccc(F)c2)s1. The maximum atomic E-state index is 13.1. The van der Waals surface area contributed by atoms with Crippen molar-refractivity contribution >= 4 is 11.3 Å². The minimum atomic E-state index is -0.188. The molecule has 18 heavy (non-hydrogen) atoms. The van der Waals surface area contributed by atoms with Crippen molar-refractivity contribution in [2.24, 2.45) is 0 Å². The van der Waals surface area contributed by atoms with Crippen molar-refractivity contribution in [1.82, 2.24) is 10.3 Å². The van der Waals surface area contributed by atoms with Crippen molar-refractivity contribution in [3.63, 3.8) is 0 Å². The van der Waals surface area contributed by atoms with Crippen LogP contribution in [0.15, 0.2) is 30.5 Å². The summed E-state index contributed by atoms with van der Waals surface area (Å²) in [5.74, 6) is -0.188. The van der Waals surface area contributed by atoms with E-state index in [4.69, 9.17) is 0 Å². The Balaban J connectivity index is 1.93. The average molecular weight is 264 g/mol. The molecule has 0 fully saturated rings. The number of aromatic nitrogens is 1. The summed E-state index contributed by atoms with van der Waals surface area (Å²) in [5.41, 5.74) is 0.968. The van der Waals surface area contributed by atoms with E-state index in [1.807, 2.05) is 19.2 Å². The van der Waals surface area contributed by atoms with Crippen LogP contribution in [-0.4, -0.2) is 4.98 Å². The summed E-state index contributed by atoms with van der Waals surface area (Å²) >= 11 is 1.73. The van der Waals surface area contributed by atoms with Crippen molar-refractivity contribution in [2.75, 3.05) is 0 Å². The van der Waals surface area contributed by atoms with Crippen LogP contribution in [0.25, 0.3) is 0 Å².